The van der Waals surface area contributed by atoms with Gasteiger partial charge < -0.3 is 15.5 Å². The molecule has 1 heterocycles. The summed E-state index contributed by atoms with van der Waals surface area (Å²) >= 11 is 0. The average molecular weight is 231 g/mol. The Balaban J connectivity index is 1.92. The molecule has 1 unspecified atom stereocenters. The first-order chi connectivity index (χ1) is 8.25. The van der Waals surface area contributed by atoms with Crippen molar-refractivity contribution >= 4 is 5.97 Å². The molecule has 0 saturated carbocycles. The van der Waals surface area contributed by atoms with Crippen molar-refractivity contribution in [1.82, 2.24) is 9.97 Å². The Morgan fingerprint density at radius 2 is 2.18 bits per heavy atom. The first-order valence-corrected chi connectivity index (χ1v) is 5.25. The maximum Gasteiger partial charge on any atom is 0.328 e. The van der Waals surface area contributed by atoms with Gasteiger partial charge in [0.05, 0.1) is 6.33 Å². The molecule has 1 aromatic carbocycles. The fourth-order valence-corrected chi connectivity index (χ4v) is 1.40. The summed E-state index contributed by atoms with van der Waals surface area (Å²) in [6.07, 6.45) is 3.56. The topological polar surface area (TPSA) is 81.0 Å². The number of ether oxygens (including phenoxy) is 1. The molecule has 17 heavy (non-hydrogen) atoms. The molecule has 1 atom stereocenters. The molecule has 88 valence electrons. The van der Waals surface area contributed by atoms with Gasteiger partial charge >= 0.3 is 5.97 Å². The maximum absolute atomic E-state index is 11.7. The van der Waals surface area contributed by atoms with Crippen LogP contribution in [-0.2, 0) is 11.2 Å². The Morgan fingerprint density at radius 1 is 1.41 bits per heavy atom. The van der Waals surface area contributed by atoms with Crippen LogP contribution in [-0.4, -0.2) is 22.0 Å². The highest BCUT2D eigenvalue weighted by Gasteiger charge is 2.16. The number of nitrogens with two attached hydrogens (primary N) is 1. The Bertz CT molecular complexity index is 468. The Hall–Kier alpha value is -2.14. The SMILES string of the molecule is NC(Cc1cnc[nH]1)C(=O)Oc1ccccc1. The van der Waals surface area contributed by atoms with E-state index in [1.54, 1.807) is 36.8 Å². The maximum atomic E-state index is 11.7. The van der Waals surface area contributed by atoms with Gasteiger partial charge in [-0.25, -0.2) is 9.78 Å². The zero-order valence-electron chi connectivity index (χ0n) is 9.17. The van der Waals surface area contributed by atoms with Crippen LogP contribution in [0.4, 0.5) is 0 Å². The number of aromatic amines is 1. The number of H-pyrrole nitrogens is 1. The smallest absolute Gasteiger partial charge is 0.328 e. The third-order valence-corrected chi connectivity index (χ3v) is 2.26. The van der Waals surface area contributed by atoms with E-state index >= 15 is 0 Å². The zero-order valence-corrected chi connectivity index (χ0v) is 9.17. The molecule has 0 aliphatic carbocycles. The predicted molar refractivity (Wildman–Crippen MR) is 62.3 cm³/mol. The largest absolute Gasteiger partial charge is 0.425 e. The van der Waals surface area contributed by atoms with E-state index in [1.165, 1.54) is 0 Å². The zero-order chi connectivity index (χ0) is 12.1. The Labute approximate surface area is 98.6 Å². The van der Waals surface area contributed by atoms with Gasteiger partial charge in [-0.15, -0.1) is 0 Å². The van der Waals surface area contributed by atoms with Gasteiger partial charge in [-0.3, -0.25) is 0 Å². The number of benzene rings is 1. The van der Waals surface area contributed by atoms with Crippen molar-refractivity contribution in [3.63, 3.8) is 0 Å². The van der Waals surface area contributed by atoms with Gasteiger partial charge in [0.1, 0.15) is 11.8 Å². The summed E-state index contributed by atoms with van der Waals surface area (Å²) in [5.74, 6) is 0.0448. The molecule has 1 aromatic heterocycles. The first-order valence-electron chi connectivity index (χ1n) is 5.25. The molecular formula is C12H13N3O2. The third kappa shape index (κ3) is 3.15. The minimum Gasteiger partial charge on any atom is -0.425 e. The number of carbonyl (C=O) groups excluding carboxylic acids is 1. The molecule has 2 rings (SSSR count). The molecule has 5 nitrogen and oxygen atoms in total. The summed E-state index contributed by atoms with van der Waals surface area (Å²) in [5, 5.41) is 0. The van der Waals surface area contributed by atoms with Gasteiger partial charge in [-0.1, -0.05) is 18.2 Å². The van der Waals surface area contributed by atoms with E-state index in [-0.39, 0.29) is 0 Å². The summed E-state index contributed by atoms with van der Waals surface area (Å²) < 4.78 is 5.13. The lowest BCUT2D eigenvalue weighted by Crippen LogP contribution is -2.36. The second kappa shape index (κ2) is 5.27. The van der Waals surface area contributed by atoms with Crippen LogP contribution in [0, 0.1) is 0 Å². The molecule has 0 aliphatic heterocycles. The van der Waals surface area contributed by atoms with Crippen LogP contribution in [0.5, 0.6) is 5.75 Å². The van der Waals surface area contributed by atoms with Gasteiger partial charge in [0.2, 0.25) is 0 Å². The number of hydrogen-bond acceptors (Lipinski definition) is 4. The van der Waals surface area contributed by atoms with Crippen LogP contribution in [0.2, 0.25) is 0 Å². The summed E-state index contributed by atoms with van der Waals surface area (Å²) in [4.78, 5) is 18.4. The number of aromatic nitrogens is 2. The Kier molecular flexibility index (Phi) is 3.52. The number of imidazole rings is 1. The van der Waals surface area contributed by atoms with Crippen molar-refractivity contribution in [2.24, 2.45) is 5.73 Å². The van der Waals surface area contributed by atoms with Gasteiger partial charge in [-0.2, -0.15) is 0 Å². The lowest BCUT2D eigenvalue weighted by molar-refractivity contribution is -0.135. The molecule has 0 bridgehead atoms. The van der Waals surface area contributed by atoms with Crippen molar-refractivity contribution in [2.45, 2.75) is 12.5 Å². The van der Waals surface area contributed by atoms with Gasteiger partial charge in [-0.05, 0) is 12.1 Å². The summed E-state index contributed by atoms with van der Waals surface area (Å²) in [6, 6.07) is 8.16. The Morgan fingerprint density at radius 3 is 2.82 bits per heavy atom. The number of hydrogen-bond donors (Lipinski definition) is 2. The minimum absolute atomic E-state index is 0.381. The number of nitrogens with one attached hydrogen (secondary N) is 1. The molecule has 0 amide bonds. The highest BCUT2D eigenvalue weighted by Crippen LogP contribution is 2.09. The molecule has 0 aliphatic rings. The number of rotatable bonds is 4. The molecule has 3 N–H and O–H groups in total. The predicted octanol–water partition coefficient (Wildman–Crippen LogP) is 0.885. The van der Waals surface area contributed by atoms with E-state index in [2.05, 4.69) is 9.97 Å². The van der Waals surface area contributed by atoms with Crippen LogP contribution in [0.1, 0.15) is 5.69 Å². The minimum atomic E-state index is -0.698. The molecule has 0 fully saturated rings. The van der Waals surface area contributed by atoms with Gasteiger partial charge in [0, 0.05) is 18.3 Å². The summed E-state index contributed by atoms with van der Waals surface area (Å²) in [5.41, 5.74) is 6.54. The van der Waals surface area contributed by atoms with Crippen LogP contribution in [0.3, 0.4) is 0 Å². The van der Waals surface area contributed by atoms with Crippen LogP contribution in [0.25, 0.3) is 0 Å². The molecule has 0 spiro atoms. The van der Waals surface area contributed by atoms with Crippen LogP contribution >= 0.6 is 0 Å². The lowest BCUT2D eigenvalue weighted by Gasteiger charge is -2.09. The molecule has 0 radical (unpaired) electrons. The molecule has 0 saturated heterocycles. The number of nitrogens with zero attached hydrogens (tertiary/aromatic N) is 1. The second-order valence-corrected chi connectivity index (χ2v) is 3.62. The van der Waals surface area contributed by atoms with E-state index in [0.29, 0.717) is 12.2 Å². The van der Waals surface area contributed by atoms with Crippen molar-refractivity contribution in [3.05, 3.63) is 48.5 Å². The van der Waals surface area contributed by atoms with Crippen molar-refractivity contribution in [2.75, 3.05) is 0 Å². The number of para-hydroxylation sites is 1. The fraction of sp³-hybridized carbons (Fsp3) is 0.167. The highest BCUT2D eigenvalue weighted by molar-refractivity contribution is 5.78. The quantitative estimate of drug-likeness (QED) is 0.604. The monoisotopic (exact) mass is 231 g/mol. The van der Waals surface area contributed by atoms with E-state index in [4.69, 9.17) is 10.5 Å². The van der Waals surface area contributed by atoms with Crippen molar-refractivity contribution < 1.29 is 9.53 Å². The van der Waals surface area contributed by atoms with E-state index in [9.17, 15) is 4.79 Å². The normalized spacial score (nSPS) is 12.1. The van der Waals surface area contributed by atoms with Crippen molar-refractivity contribution in [3.8, 4) is 5.75 Å². The second-order valence-electron chi connectivity index (χ2n) is 3.62. The van der Waals surface area contributed by atoms with Crippen LogP contribution in [0.15, 0.2) is 42.9 Å². The molecule has 2 aromatic rings. The van der Waals surface area contributed by atoms with E-state index < -0.39 is 12.0 Å². The van der Waals surface area contributed by atoms with Gasteiger partial charge in [0.25, 0.3) is 0 Å². The average Bonchev–Trinajstić information content (AvgIpc) is 2.83. The lowest BCUT2D eigenvalue weighted by atomic mass is 10.2. The first kappa shape index (κ1) is 11.3. The highest BCUT2D eigenvalue weighted by atomic mass is 16.5. The van der Waals surface area contributed by atoms with Gasteiger partial charge in [0.15, 0.2) is 0 Å². The summed E-state index contributed by atoms with van der Waals surface area (Å²) in [6.45, 7) is 0. The number of esters is 1. The standard InChI is InChI=1S/C12H13N3O2/c13-11(6-9-7-14-8-15-9)12(16)17-10-4-2-1-3-5-10/h1-5,7-8,11H,6,13H2,(H,14,15). The molecule has 5 heteroatoms. The summed E-state index contributed by atoms with van der Waals surface area (Å²) in [7, 11) is 0. The third-order valence-electron chi connectivity index (χ3n) is 2.26. The molecular weight excluding hydrogens is 218 g/mol. The van der Waals surface area contributed by atoms with E-state index in [0.717, 1.165) is 5.69 Å². The van der Waals surface area contributed by atoms with Crippen LogP contribution < -0.4 is 10.5 Å². The fourth-order valence-electron chi connectivity index (χ4n) is 1.40. The van der Waals surface area contributed by atoms with E-state index in [1.807, 2.05) is 6.07 Å². The number of carbonyl (C=O) groups is 1. The van der Waals surface area contributed by atoms with Crippen molar-refractivity contribution in [1.29, 1.82) is 0 Å².